The lowest BCUT2D eigenvalue weighted by molar-refractivity contribution is -0.109. The topological polar surface area (TPSA) is 29.1 Å². The zero-order chi connectivity index (χ0) is 8.97. The van der Waals surface area contributed by atoms with Crippen LogP contribution in [0.3, 0.4) is 0 Å². The van der Waals surface area contributed by atoms with E-state index >= 15 is 0 Å². The lowest BCUT2D eigenvalue weighted by Crippen LogP contribution is -2.09. The molecular formula is C8H8Cl3NO. The molecule has 0 saturated carbocycles. The molecule has 0 spiro atoms. The monoisotopic (exact) mass is 239 g/mol. The first-order valence-corrected chi connectivity index (χ1v) is 4.10. The van der Waals surface area contributed by atoms with Crippen LogP contribution in [-0.4, -0.2) is 6.41 Å². The predicted octanol–water partition coefficient (Wildman–Crippen LogP) is 2.66. The lowest BCUT2D eigenvalue weighted by atomic mass is 10.2. The maximum atomic E-state index is 9.99. The Morgan fingerprint density at radius 3 is 2.69 bits per heavy atom. The molecule has 0 saturated heterocycles. The van der Waals surface area contributed by atoms with Crippen LogP contribution in [0.5, 0.6) is 0 Å². The van der Waals surface area contributed by atoms with Gasteiger partial charge in [-0.3, -0.25) is 4.79 Å². The summed E-state index contributed by atoms with van der Waals surface area (Å²) in [4.78, 5) is 9.99. The van der Waals surface area contributed by atoms with Gasteiger partial charge in [-0.05, 0) is 23.8 Å². The molecule has 2 nitrogen and oxygen atoms in total. The van der Waals surface area contributed by atoms with Crippen molar-refractivity contribution in [2.75, 3.05) is 0 Å². The first-order valence-electron chi connectivity index (χ1n) is 3.35. The van der Waals surface area contributed by atoms with Crippen molar-refractivity contribution >= 4 is 42.0 Å². The van der Waals surface area contributed by atoms with Gasteiger partial charge in [-0.1, -0.05) is 23.2 Å². The SMILES string of the molecule is Cl.O=CNCc1cc(Cl)ccc1Cl. The molecule has 0 bridgehead atoms. The molecule has 1 N–H and O–H groups in total. The summed E-state index contributed by atoms with van der Waals surface area (Å²) in [6.07, 6.45) is 0.622. The molecule has 0 atom stereocenters. The Labute approximate surface area is 92.6 Å². The highest BCUT2D eigenvalue weighted by molar-refractivity contribution is 6.33. The summed E-state index contributed by atoms with van der Waals surface area (Å²) in [7, 11) is 0. The Balaban J connectivity index is 0.00000144. The number of nitrogens with one attached hydrogen (secondary N) is 1. The number of hydrogen-bond acceptors (Lipinski definition) is 1. The second-order valence-corrected chi connectivity index (χ2v) is 3.08. The molecule has 0 radical (unpaired) electrons. The van der Waals surface area contributed by atoms with Gasteiger partial charge in [-0.2, -0.15) is 0 Å². The van der Waals surface area contributed by atoms with Crippen LogP contribution < -0.4 is 5.32 Å². The molecule has 0 aliphatic heterocycles. The summed E-state index contributed by atoms with van der Waals surface area (Å²) in [5, 5.41) is 3.73. The molecule has 0 aromatic heterocycles. The smallest absolute Gasteiger partial charge is 0.207 e. The molecule has 0 aliphatic carbocycles. The van der Waals surface area contributed by atoms with Gasteiger partial charge in [0.25, 0.3) is 0 Å². The van der Waals surface area contributed by atoms with Crippen molar-refractivity contribution in [3.8, 4) is 0 Å². The van der Waals surface area contributed by atoms with Gasteiger partial charge in [0.15, 0.2) is 0 Å². The van der Waals surface area contributed by atoms with Crippen LogP contribution in [0.25, 0.3) is 0 Å². The number of rotatable bonds is 3. The molecule has 1 aromatic carbocycles. The fourth-order valence-corrected chi connectivity index (χ4v) is 1.21. The Morgan fingerprint density at radius 2 is 2.08 bits per heavy atom. The number of halogens is 3. The lowest BCUT2D eigenvalue weighted by Gasteiger charge is -2.02. The Kier molecular flexibility index (Phi) is 5.88. The molecule has 1 aromatic rings. The van der Waals surface area contributed by atoms with Crippen molar-refractivity contribution in [1.82, 2.24) is 5.32 Å². The normalized spacial score (nSPS) is 8.77. The van der Waals surface area contributed by atoms with Crippen molar-refractivity contribution in [1.29, 1.82) is 0 Å². The summed E-state index contributed by atoms with van der Waals surface area (Å²) in [5.41, 5.74) is 0.816. The Bertz CT molecular complexity index is 291. The van der Waals surface area contributed by atoms with Crippen molar-refractivity contribution < 1.29 is 4.79 Å². The van der Waals surface area contributed by atoms with E-state index in [1.165, 1.54) is 0 Å². The number of carbonyl (C=O) groups is 1. The summed E-state index contributed by atoms with van der Waals surface area (Å²) >= 11 is 11.5. The average molecular weight is 241 g/mol. The molecule has 72 valence electrons. The maximum Gasteiger partial charge on any atom is 0.207 e. The number of carbonyl (C=O) groups excluding carboxylic acids is 1. The third kappa shape index (κ3) is 3.85. The maximum absolute atomic E-state index is 9.99. The fraction of sp³-hybridized carbons (Fsp3) is 0.125. The second kappa shape index (κ2) is 6.08. The number of benzene rings is 1. The van der Waals surface area contributed by atoms with E-state index in [0.717, 1.165) is 5.56 Å². The Morgan fingerprint density at radius 1 is 1.38 bits per heavy atom. The minimum atomic E-state index is 0. The summed E-state index contributed by atoms with van der Waals surface area (Å²) in [6, 6.07) is 5.13. The second-order valence-electron chi connectivity index (χ2n) is 2.23. The van der Waals surface area contributed by atoms with Gasteiger partial charge < -0.3 is 5.32 Å². The van der Waals surface area contributed by atoms with Crippen LogP contribution in [-0.2, 0) is 11.3 Å². The highest BCUT2D eigenvalue weighted by Crippen LogP contribution is 2.19. The van der Waals surface area contributed by atoms with E-state index in [-0.39, 0.29) is 12.4 Å². The fourth-order valence-electron chi connectivity index (χ4n) is 0.830. The van der Waals surface area contributed by atoms with Gasteiger partial charge in [0.05, 0.1) is 0 Å². The van der Waals surface area contributed by atoms with E-state index in [9.17, 15) is 4.79 Å². The van der Waals surface area contributed by atoms with Crippen LogP contribution in [0.4, 0.5) is 0 Å². The highest BCUT2D eigenvalue weighted by atomic mass is 35.5. The van der Waals surface area contributed by atoms with Gasteiger partial charge in [0.2, 0.25) is 6.41 Å². The van der Waals surface area contributed by atoms with Crippen molar-refractivity contribution in [2.45, 2.75) is 6.54 Å². The van der Waals surface area contributed by atoms with Crippen molar-refractivity contribution in [2.24, 2.45) is 0 Å². The van der Waals surface area contributed by atoms with Crippen LogP contribution in [0.15, 0.2) is 18.2 Å². The first kappa shape index (κ1) is 12.6. The van der Waals surface area contributed by atoms with Crippen LogP contribution in [0.2, 0.25) is 10.0 Å². The minimum Gasteiger partial charge on any atom is -0.355 e. The Hall–Kier alpha value is -0.440. The van der Waals surface area contributed by atoms with Crippen molar-refractivity contribution in [3.05, 3.63) is 33.8 Å². The standard InChI is InChI=1S/C8H7Cl2NO.ClH/c9-7-1-2-8(10)6(3-7)4-11-5-12;/h1-3,5H,4H2,(H,11,12);1H. The van der Waals surface area contributed by atoms with E-state index in [4.69, 9.17) is 23.2 Å². The summed E-state index contributed by atoms with van der Waals surface area (Å²) in [5.74, 6) is 0. The number of hydrogen-bond donors (Lipinski definition) is 1. The molecule has 5 heteroatoms. The van der Waals surface area contributed by atoms with Crippen molar-refractivity contribution in [3.63, 3.8) is 0 Å². The van der Waals surface area contributed by atoms with Crippen LogP contribution in [0, 0.1) is 0 Å². The predicted molar refractivity (Wildman–Crippen MR) is 56.6 cm³/mol. The molecule has 0 fully saturated rings. The number of amides is 1. The zero-order valence-electron chi connectivity index (χ0n) is 6.59. The van der Waals surface area contributed by atoms with E-state index < -0.39 is 0 Å². The molecule has 1 amide bonds. The molecule has 13 heavy (non-hydrogen) atoms. The summed E-state index contributed by atoms with van der Waals surface area (Å²) in [6.45, 7) is 0.406. The highest BCUT2D eigenvalue weighted by Gasteiger charge is 1.99. The van der Waals surface area contributed by atoms with E-state index in [0.29, 0.717) is 23.0 Å². The molecular weight excluding hydrogens is 232 g/mol. The minimum absolute atomic E-state index is 0. The van der Waals surface area contributed by atoms with Gasteiger partial charge in [-0.15, -0.1) is 12.4 Å². The quantitative estimate of drug-likeness (QED) is 0.809. The molecule has 1 rings (SSSR count). The van der Waals surface area contributed by atoms with Gasteiger partial charge >= 0.3 is 0 Å². The molecule has 0 unspecified atom stereocenters. The van der Waals surface area contributed by atoms with E-state index in [1.54, 1.807) is 18.2 Å². The van der Waals surface area contributed by atoms with Crippen LogP contribution >= 0.6 is 35.6 Å². The molecule has 0 aliphatic rings. The average Bonchev–Trinajstić information content (AvgIpc) is 2.07. The van der Waals surface area contributed by atoms with E-state index in [2.05, 4.69) is 5.32 Å². The van der Waals surface area contributed by atoms with Gasteiger partial charge in [0.1, 0.15) is 0 Å². The molecule has 0 heterocycles. The van der Waals surface area contributed by atoms with E-state index in [1.807, 2.05) is 0 Å². The zero-order valence-corrected chi connectivity index (χ0v) is 8.92. The largest absolute Gasteiger partial charge is 0.355 e. The third-order valence-corrected chi connectivity index (χ3v) is 1.99. The first-order chi connectivity index (χ1) is 5.74. The van der Waals surface area contributed by atoms with Gasteiger partial charge in [0, 0.05) is 16.6 Å². The van der Waals surface area contributed by atoms with Gasteiger partial charge in [-0.25, -0.2) is 0 Å². The third-order valence-electron chi connectivity index (χ3n) is 1.38. The summed E-state index contributed by atoms with van der Waals surface area (Å²) < 4.78 is 0. The van der Waals surface area contributed by atoms with Crippen LogP contribution in [0.1, 0.15) is 5.56 Å².